The average molecular weight is 498 g/mol. The highest BCUT2D eigenvalue weighted by Crippen LogP contribution is 2.45. The summed E-state index contributed by atoms with van der Waals surface area (Å²) >= 11 is 0. The summed E-state index contributed by atoms with van der Waals surface area (Å²) in [5.74, 6) is -1.23. The number of Topliss-reactive ketones (excluding diaryl/α,β-unsaturated/α-hetero) is 1. The van der Waals surface area contributed by atoms with Crippen molar-refractivity contribution in [2.75, 3.05) is 18.6 Å². The van der Waals surface area contributed by atoms with Gasteiger partial charge in [-0.05, 0) is 67.1 Å². The second-order valence-electron chi connectivity index (χ2n) is 9.42. The lowest BCUT2D eigenvalue weighted by Crippen LogP contribution is -2.30. The van der Waals surface area contributed by atoms with Gasteiger partial charge < -0.3 is 9.47 Å². The summed E-state index contributed by atoms with van der Waals surface area (Å²) < 4.78 is 10.3. The summed E-state index contributed by atoms with van der Waals surface area (Å²) in [6.45, 7) is -0.414. The number of hydrogen-bond donors (Lipinski definition) is 0. The number of fused-ring (bicyclic) bond motifs is 1. The normalized spacial score (nSPS) is 20.9. The number of carbonyl (C=O) groups excluding carboxylic acids is 4. The van der Waals surface area contributed by atoms with Gasteiger partial charge in [-0.2, -0.15) is 0 Å². The molecule has 2 aliphatic rings. The van der Waals surface area contributed by atoms with Crippen LogP contribution in [-0.4, -0.2) is 37.3 Å². The van der Waals surface area contributed by atoms with Crippen LogP contribution in [-0.2, 0) is 14.3 Å². The van der Waals surface area contributed by atoms with Gasteiger partial charge in [0.25, 0.3) is 0 Å². The van der Waals surface area contributed by atoms with Crippen molar-refractivity contribution in [3.63, 3.8) is 0 Å². The number of esters is 1. The highest BCUT2D eigenvalue weighted by molar-refractivity contribution is 6.22. The Kier molecular flexibility index (Phi) is 6.86. The highest BCUT2D eigenvalue weighted by Gasteiger charge is 2.50. The fourth-order valence-corrected chi connectivity index (χ4v) is 5.30. The van der Waals surface area contributed by atoms with Gasteiger partial charge in [0.2, 0.25) is 11.8 Å². The van der Waals surface area contributed by atoms with E-state index in [0.717, 1.165) is 6.42 Å². The topological polar surface area (TPSA) is 90.0 Å². The summed E-state index contributed by atoms with van der Waals surface area (Å²) in [5.41, 5.74) is 2.24. The van der Waals surface area contributed by atoms with E-state index in [1.807, 2.05) is 18.2 Å². The van der Waals surface area contributed by atoms with Gasteiger partial charge in [-0.15, -0.1) is 0 Å². The number of carbonyl (C=O) groups is 4. The number of nitrogens with zero attached hydrogens (tertiary/aromatic N) is 1. The Bertz CT molecular complexity index is 1330. The van der Waals surface area contributed by atoms with Crippen LogP contribution in [0.4, 0.5) is 5.69 Å². The van der Waals surface area contributed by atoms with Gasteiger partial charge in [-0.1, -0.05) is 42.5 Å². The molecule has 1 heterocycles. The minimum absolute atomic E-state index is 0.180. The van der Waals surface area contributed by atoms with Crippen LogP contribution in [0.15, 0.2) is 78.9 Å². The second-order valence-corrected chi connectivity index (χ2v) is 9.42. The zero-order valence-electron chi connectivity index (χ0n) is 20.5. The number of amides is 2. The average Bonchev–Trinajstić information content (AvgIpc) is 3.20. The summed E-state index contributed by atoms with van der Waals surface area (Å²) in [4.78, 5) is 52.5. The summed E-state index contributed by atoms with van der Waals surface area (Å²) in [6, 6.07) is 22.9. The Labute approximate surface area is 215 Å². The number of methoxy groups -OCH3 is 1. The third kappa shape index (κ3) is 4.89. The van der Waals surface area contributed by atoms with E-state index < -0.39 is 12.6 Å². The first-order chi connectivity index (χ1) is 18.0. The number of rotatable bonds is 7. The molecule has 1 aliphatic carbocycles. The Morgan fingerprint density at radius 2 is 1.57 bits per heavy atom. The van der Waals surface area contributed by atoms with Crippen LogP contribution in [0.2, 0.25) is 0 Å². The summed E-state index contributed by atoms with van der Waals surface area (Å²) in [5, 5.41) is 0. The first-order valence-electron chi connectivity index (χ1n) is 12.3. The lowest BCUT2D eigenvalue weighted by molar-refractivity contribution is -0.122. The molecule has 1 saturated heterocycles. The van der Waals surface area contributed by atoms with E-state index in [2.05, 4.69) is 12.1 Å². The molecule has 1 saturated carbocycles. The van der Waals surface area contributed by atoms with Crippen LogP contribution in [0.5, 0.6) is 5.75 Å². The fraction of sp³-hybridized carbons (Fsp3) is 0.267. The van der Waals surface area contributed by atoms with Crippen LogP contribution in [0.3, 0.4) is 0 Å². The molecule has 0 bridgehead atoms. The van der Waals surface area contributed by atoms with Gasteiger partial charge in [0, 0.05) is 5.56 Å². The molecule has 188 valence electrons. The van der Waals surface area contributed by atoms with Crippen molar-refractivity contribution < 1.29 is 28.7 Å². The van der Waals surface area contributed by atoms with Crippen molar-refractivity contribution in [3.8, 4) is 5.75 Å². The first-order valence-corrected chi connectivity index (χ1v) is 12.3. The number of hydrogen-bond acceptors (Lipinski definition) is 6. The minimum atomic E-state index is -0.666. The van der Waals surface area contributed by atoms with Crippen molar-refractivity contribution in [2.24, 2.45) is 11.8 Å². The molecule has 0 spiro atoms. The van der Waals surface area contributed by atoms with Gasteiger partial charge in [0.05, 0.1) is 30.2 Å². The summed E-state index contributed by atoms with van der Waals surface area (Å²) in [7, 11) is 1.51. The van der Waals surface area contributed by atoms with Gasteiger partial charge in [0.1, 0.15) is 5.75 Å². The van der Waals surface area contributed by atoms with E-state index in [0.29, 0.717) is 29.8 Å². The zero-order valence-corrected chi connectivity index (χ0v) is 20.5. The van der Waals surface area contributed by atoms with Crippen LogP contribution in [0.1, 0.15) is 51.5 Å². The number of benzene rings is 3. The smallest absolute Gasteiger partial charge is 0.338 e. The van der Waals surface area contributed by atoms with Crippen molar-refractivity contribution in [3.05, 3.63) is 95.6 Å². The Hall–Kier alpha value is -4.26. The molecular formula is C30H27NO6. The molecule has 0 unspecified atom stereocenters. The van der Waals surface area contributed by atoms with Crippen LogP contribution in [0.25, 0.3) is 0 Å². The maximum Gasteiger partial charge on any atom is 0.338 e. The van der Waals surface area contributed by atoms with E-state index >= 15 is 0 Å². The molecule has 0 aromatic heterocycles. The molecule has 2 amide bonds. The maximum atomic E-state index is 13.3. The van der Waals surface area contributed by atoms with E-state index in [4.69, 9.17) is 9.47 Å². The predicted molar refractivity (Wildman–Crippen MR) is 137 cm³/mol. The van der Waals surface area contributed by atoms with E-state index in [1.54, 1.807) is 36.4 Å². The minimum Gasteiger partial charge on any atom is -0.497 e. The van der Waals surface area contributed by atoms with Crippen molar-refractivity contribution in [1.29, 1.82) is 0 Å². The summed E-state index contributed by atoms with van der Waals surface area (Å²) in [6.07, 6.45) is 2.20. The quantitative estimate of drug-likeness (QED) is 0.264. The third-order valence-electron chi connectivity index (χ3n) is 7.28. The van der Waals surface area contributed by atoms with Crippen molar-refractivity contribution in [1.82, 2.24) is 0 Å². The largest absolute Gasteiger partial charge is 0.497 e. The van der Waals surface area contributed by atoms with Crippen LogP contribution >= 0.6 is 0 Å². The van der Waals surface area contributed by atoms with Gasteiger partial charge in [-0.25, -0.2) is 4.79 Å². The van der Waals surface area contributed by atoms with Crippen molar-refractivity contribution in [2.45, 2.75) is 25.2 Å². The number of imide groups is 1. The lowest BCUT2D eigenvalue weighted by Gasteiger charge is -2.28. The second kappa shape index (κ2) is 10.4. The van der Waals surface area contributed by atoms with Gasteiger partial charge in [-0.3, -0.25) is 19.3 Å². The number of ether oxygens (including phenoxy) is 2. The molecule has 0 radical (unpaired) electrons. The highest BCUT2D eigenvalue weighted by atomic mass is 16.5. The molecule has 0 N–H and O–H groups in total. The monoisotopic (exact) mass is 497 g/mol. The van der Waals surface area contributed by atoms with E-state index in [1.165, 1.54) is 29.7 Å². The first kappa shape index (κ1) is 24.4. The molecule has 2 fully saturated rings. The van der Waals surface area contributed by atoms with E-state index in [9.17, 15) is 19.2 Å². The van der Waals surface area contributed by atoms with Crippen LogP contribution in [0, 0.1) is 11.8 Å². The molecular weight excluding hydrogens is 470 g/mol. The Morgan fingerprint density at radius 3 is 2.30 bits per heavy atom. The van der Waals surface area contributed by atoms with E-state index in [-0.39, 0.29) is 40.9 Å². The molecule has 1 aliphatic heterocycles. The molecule has 7 heteroatoms. The van der Waals surface area contributed by atoms with Gasteiger partial charge in [0.15, 0.2) is 12.4 Å². The maximum absolute atomic E-state index is 13.3. The molecule has 7 nitrogen and oxygen atoms in total. The molecule has 5 rings (SSSR count). The number of ketones is 1. The molecule has 3 aromatic carbocycles. The van der Waals surface area contributed by atoms with Crippen molar-refractivity contribution >= 4 is 29.3 Å². The lowest BCUT2D eigenvalue weighted by atomic mass is 9.73. The number of anilines is 1. The predicted octanol–water partition coefficient (Wildman–Crippen LogP) is 4.81. The fourth-order valence-electron chi connectivity index (χ4n) is 5.30. The van der Waals surface area contributed by atoms with Crippen LogP contribution < -0.4 is 9.64 Å². The molecule has 37 heavy (non-hydrogen) atoms. The van der Waals surface area contributed by atoms with Gasteiger partial charge >= 0.3 is 5.97 Å². The third-order valence-corrected chi connectivity index (χ3v) is 7.28. The standard InChI is InChI=1S/C30H27NO6/c1-36-24-9-5-8-22(16-24)27(32)18-37-30(35)20-10-13-23(14-11-20)31-28(33)25-15-12-21(17-26(25)29(31)34)19-6-3-2-4-7-19/h2-11,13-14,16,21,25-26H,12,15,17-18H2,1H3/t21-,25+,26-/m0/s1. The molecule has 3 aromatic rings. The Morgan fingerprint density at radius 1 is 0.838 bits per heavy atom. The Balaban J connectivity index is 1.23. The zero-order chi connectivity index (χ0) is 25.9. The SMILES string of the molecule is COc1cccc(C(=O)COC(=O)c2ccc(N3C(=O)[C@H]4C[C@@H](c5ccccc5)CC[C@H]4C3=O)cc2)c1. The molecule has 3 atom stereocenters.